The molecule has 7 heteroatoms. The van der Waals surface area contributed by atoms with E-state index < -0.39 is 0 Å². The van der Waals surface area contributed by atoms with Crippen molar-refractivity contribution < 1.29 is 28.2 Å². The summed E-state index contributed by atoms with van der Waals surface area (Å²) in [6.07, 6.45) is 1.74. The van der Waals surface area contributed by atoms with Gasteiger partial charge in [-0.3, -0.25) is 4.79 Å². The maximum atomic E-state index is 13.8. The zero-order chi connectivity index (χ0) is 24.1. The number of carbonyl (C=O) groups is 1. The van der Waals surface area contributed by atoms with Crippen molar-refractivity contribution in [3.8, 4) is 23.0 Å². The van der Waals surface area contributed by atoms with Crippen LogP contribution < -0.4 is 18.9 Å². The highest BCUT2D eigenvalue weighted by atomic mass is 16.5. The molecule has 174 valence electrons. The molecule has 3 aromatic carbocycles. The Hall–Kier alpha value is -4.26. The molecule has 0 aliphatic rings. The van der Waals surface area contributed by atoms with Gasteiger partial charge in [0.05, 0.1) is 33.5 Å². The third-order valence-electron chi connectivity index (χ3n) is 5.20. The lowest BCUT2D eigenvalue weighted by Crippen LogP contribution is -2.05. The molecule has 0 radical (unpaired) electrons. The molecule has 4 rings (SSSR count). The van der Waals surface area contributed by atoms with Crippen LogP contribution >= 0.6 is 0 Å². The first-order valence-electron chi connectivity index (χ1n) is 10.7. The highest BCUT2D eigenvalue weighted by Crippen LogP contribution is 2.39. The molecule has 0 aliphatic heterocycles. The van der Waals surface area contributed by atoms with Crippen LogP contribution in [0.25, 0.3) is 22.7 Å². The quantitative estimate of drug-likeness (QED) is 0.235. The van der Waals surface area contributed by atoms with Gasteiger partial charge in [-0.15, -0.1) is 0 Å². The molecule has 0 N–H and O–H groups in total. The van der Waals surface area contributed by atoms with E-state index in [1.165, 1.54) is 21.3 Å². The van der Waals surface area contributed by atoms with E-state index >= 15 is 0 Å². The second kappa shape index (κ2) is 10.1. The Labute approximate surface area is 197 Å². The number of carbonyl (C=O) groups excluding carboxylic acids is 1. The first-order valence-corrected chi connectivity index (χ1v) is 10.7. The zero-order valence-electron chi connectivity index (χ0n) is 19.5. The molecule has 0 bridgehead atoms. The van der Waals surface area contributed by atoms with Crippen molar-refractivity contribution in [1.82, 2.24) is 4.98 Å². The Balaban J connectivity index is 1.84. The van der Waals surface area contributed by atoms with E-state index in [0.29, 0.717) is 40.5 Å². The maximum Gasteiger partial charge on any atom is 0.231 e. The minimum Gasteiger partial charge on any atom is -0.494 e. The number of fused-ring (bicyclic) bond motifs is 1. The molecule has 0 saturated carbocycles. The maximum absolute atomic E-state index is 13.8. The number of methoxy groups -OCH3 is 3. The molecule has 0 fully saturated rings. The molecular weight excluding hydrogens is 434 g/mol. The summed E-state index contributed by atoms with van der Waals surface area (Å²) in [5, 5.41) is 0. The lowest BCUT2D eigenvalue weighted by molar-refractivity contribution is 0.105. The van der Waals surface area contributed by atoms with E-state index in [0.717, 1.165) is 11.3 Å². The summed E-state index contributed by atoms with van der Waals surface area (Å²) in [5.41, 5.74) is 2.67. The van der Waals surface area contributed by atoms with Crippen LogP contribution in [-0.4, -0.2) is 38.7 Å². The summed E-state index contributed by atoms with van der Waals surface area (Å²) < 4.78 is 27.7. The number of benzene rings is 3. The number of aromatic nitrogens is 1. The first kappa shape index (κ1) is 22.9. The molecular formula is C27H25NO6. The van der Waals surface area contributed by atoms with Gasteiger partial charge in [0.25, 0.3) is 0 Å². The molecule has 34 heavy (non-hydrogen) atoms. The summed E-state index contributed by atoms with van der Waals surface area (Å²) in [6, 6.07) is 18.0. The van der Waals surface area contributed by atoms with Crippen LogP contribution in [0.1, 0.15) is 28.7 Å². The third kappa shape index (κ3) is 4.59. The van der Waals surface area contributed by atoms with Crippen molar-refractivity contribution in [1.29, 1.82) is 0 Å². The predicted molar refractivity (Wildman–Crippen MR) is 130 cm³/mol. The van der Waals surface area contributed by atoms with Crippen molar-refractivity contribution in [3.05, 3.63) is 77.7 Å². The van der Waals surface area contributed by atoms with E-state index in [4.69, 9.17) is 23.4 Å². The number of para-hydroxylation sites is 2. The fourth-order valence-corrected chi connectivity index (χ4v) is 3.57. The van der Waals surface area contributed by atoms with Crippen LogP contribution in [0.5, 0.6) is 23.0 Å². The third-order valence-corrected chi connectivity index (χ3v) is 5.20. The van der Waals surface area contributed by atoms with Crippen molar-refractivity contribution in [2.24, 2.45) is 0 Å². The highest BCUT2D eigenvalue weighted by Gasteiger charge is 2.24. The second-order valence-electron chi connectivity index (χ2n) is 7.29. The van der Waals surface area contributed by atoms with Crippen molar-refractivity contribution in [3.63, 3.8) is 0 Å². The number of rotatable bonds is 9. The number of ether oxygens (including phenoxy) is 4. The van der Waals surface area contributed by atoms with Crippen molar-refractivity contribution in [2.75, 3.05) is 27.9 Å². The molecule has 4 aromatic rings. The normalized spacial score (nSPS) is 11.4. The number of Topliss-reactive ketones (excluding diaryl/α,β-unsaturated/α-hetero) is 1. The monoisotopic (exact) mass is 459 g/mol. The minimum absolute atomic E-state index is 0.217. The largest absolute Gasteiger partial charge is 0.494 e. The lowest BCUT2D eigenvalue weighted by atomic mass is 9.99. The van der Waals surface area contributed by atoms with Crippen molar-refractivity contribution >= 4 is 28.5 Å². The zero-order valence-corrected chi connectivity index (χ0v) is 19.5. The van der Waals surface area contributed by atoms with Crippen LogP contribution in [0, 0.1) is 0 Å². The van der Waals surface area contributed by atoms with Crippen LogP contribution in [0.15, 0.2) is 65.1 Å². The number of hydrogen-bond donors (Lipinski definition) is 0. The van der Waals surface area contributed by atoms with E-state index in [1.807, 2.05) is 55.5 Å². The van der Waals surface area contributed by atoms with Gasteiger partial charge in [0.1, 0.15) is 11.3 Å². The molecule has 0 amide bonds. The van der Waals surface area contributed by atoms with E-state index in [-0.39, 0.29) is 17.2 Å². The SMILES string of the molecule is CCOc1ccc(C=C(C(=O)c2cc(OC)c(OC)c(OC)c2)c2nc3ccccc3o2)cc1. The van der Waals surface area contributed by atoms with Gasteiger partial charge in [0.2, 0.25) is 11.6 Å². The summed E-state index contributed by atoms with van der Waals surface area (Å²) in [6.45, 7) is 2.50. The first-order chi connectivity index (χ1) is 16.6. The summed E-state index contributed by atoms with van der Waals surface area (Å²) in [7, 11) is 4.52. The van der Waals surface area contributed by atoms with Gasteiger partial charge in [-0.25, -0.2) is 4.98 Å². The van der Waals surface area contributed by atoms with Gasteiger partial charge in [-0.05, 0) is 55.0 Å². The van der Waals surface area contributed by atoms with Crippen LogP contribution in [0.4, 0.5) is 0 Å². The molecule has 7 nitrogen and oxygen atoms in total. The Bertz CT molecular complexity index is 1280. The fourth-order valence-electron chi connectivity index (χ4n) is 3.57. The summed E-state index contributed by atoms with van der Waals surface area (Å²) in [5.74, 6) is 1.82. The molecule has 0 unspecified atom stereocenters. The Kier molecular flexibility index (Phi) is 6.82. The summed E-state index contributed by atoms with van der Waals surface area (Å²) in [4.78, 5) is 18.3. The van der Waals surface area contributed by atoms with Crippen LogP contribution in [0.2, 0.25) is 0 Å². The van der Waals surface area contributed by atoms with Crippen LogP contribution in [0.3, 0.4) is 0 Å². The van der Waals surface area contributed by atoms with Gasteiger partial charge >= 0.3 is 0 Å². The average Bonchev–Trinajstić information content (AvgIpc) is 3.31. The number of hydrogen-bond acceptors (Lipinski definition) is 7. The summed E-state index contributed by atoms with van der Waals surface area (Å²) >= 11 is 0. The van der Waals surface area contributed by atoms with Gasteiger partial charge in [-0.2, -0.15) is 0 Å². The number of allylic oxidation sites excluding steroid dienone is 1. The van der Waals surface area contributed by atoms with Gasteiger partial charge in [0.15, 0.2) is 22.9 Å². The smallest absolute Gasteiger partial charge is 0.231 e. The standard InChI is InChI=1S/C27H25NO6/c1-5-33-19-12-10-17(11-13-19)14-20(27-28-21-8-6-7-9-22(21)34-27)25(29)18-15-23(30-2)26(32-4)24(16-18)31-3/h6-16H,5H2,1-4H3. The molecule has 0 saturated heterocycles. The van der Waals surface area contributed by atoms with Gasteiger partial charge in [-0.1, -0.05) is 24.3 Å². The van der Waals surface area contributed by atoms with Crippen LogP contribution in [-0.2, 0) is 0 Å². The molecule has 1 heterocycles. The lowest BCUT2D eigenvalue weighted by Gasteiger charge is -2.14. The molecule has 0 spiro atoms. The molecule has 1 aromatic heterocycles. The number of nitrogens with zero attached hydrogens (tertiary/aromatic N) is 1. The average molecular weight is 459 g/mol. The Morgan fingerprint density at radius 3 is 2.21 bits per heavy atom. The van der Waals surface area contributed by atoms with E-state index in [9.17, 15) is 4.79 Å². The highest BCUT2D eigenvalue weighted by molar-refractivity contribution is 6.31. The van der Waals surface area contributed by atoms with Crippen molar-refractivity contribution in [2.45, 2.75) is 6.92 Å². The topological polar surface area (TPSA) is 80.0 Å². The Morgan fingerprint density at radius 1 is 0.941 bits per heavy atom. The predicted octanol–water partition coefficient (Wildman–Crippen LogP) is 5.68. The Morgan fingerprint density at radius 2 is 1.62 bits per heavy atom. The fraction of sp³-hybridized carbons (Fsp3) is 0.185. The molecule has 0 aliphatic carbocycles. The van der Waals surface area contributed by atoms with E-state index in [2.05, 4.69) is 4.98 Å². The second-order valence-corrected chi connectivity index (χ2v) is 7.29. The van der Waals surface area contributed by atoms with Gasteiger partial charge < -0.3 is 23.4 Å². The molecule has 0 atom stereocenters. The number of oxazole rings is 1. The minimum atomic E-state index is -0.306. The van der Waals surface area contributed by atoms with Gasteiger partial charge in [0, 0.05) is 5.56 Å². The number of ketones is 1. The van der Waals surface area contributed by atoms with E-state index in [1.54, 1.807) is 18.2 Å².